The minimum atomic E-state index is -0.756. The van der Waals surface area contributed by atoms with E-state index in [-0.39, 0.29) is 37.9 Å². The smallest absolute Gasteiger partial charge is 0.325 e. The topological polar surface area (TPSA) is 132 Å². The van der Waals surface area contributed by atoms with E-state index in [2.05, 4.69) is 17.6 Å². The van der Waals surface area contributed by atoms with Gasteiger partial charge in [0, 0.05) is 34.0 Å². The van der Waals surface area contributed by atoms with Crippen LogP contribution in [-0.4, -0.2) is 47.1 Å². The van der Waals surface area contributed by atoms with E-state index in [1.54, 1.807) is 25.1 Å². The summed E-state index contributed by atoms with van der Waals surface area (Å²) in [4.78, 5) is 29.1. The summed E-state index contributed by atoms with van der Waals surface area (Å²) in [6.45, 7) is 3.74. The Kier molecular flexibility index (Phi) is 11.6. The molecule has 11 heteroatoms. The van der Waals surface area contributed by atoms with Crippen LogP contribution in [0.3, 0.4) is 0 Å². The highest BCUT2D eigenvalue weighted by Gasteiger charge is 2.39. The van der Waals surface area contributed by atoms with Crippen LogP contribution in [0.15, 0.2) is 119 Å². The molecule has 1 fully saturated rings. The van der Waals surface area contributed by atoms with Crippen LogP contribution in [0.1, 0.15) is 42.9 Å². The number of aliphatic hydroxyl groups excluding tert-OH is 1. The van der Waals surface area contributed by atoms with Gasteiger partial charge < -0.3 is 34.4 Å². The predicted octanol–water partition coefficient (Wildman–Crippen LogP) is 7.77. The molecule has 0 aliphatic carbocycles. The predicted molar refractivity (Wildman–Crippen MR) is 191 cm³/mol. The zero-order valence-corrected chi connectivity index (χ0v) is 28.6. The fraction of sp³-hybridized carbons (Fsp3) is 0.256. The summed E-state index contributed by atoms with van der Waals surface area (Å²) in [6, 6.07) is 34.3. The van der Waals surface area contributed by atoms with Crippen LogP contribution >= 0.6 is 11.8 Å². The van der Waals surface area contributed by atoms with Crippen LogP contribution in [0.2, 0.25) is 0 Å². The average Bonchev–Trinajstić information content (AvgIpc) is 3.59. The molecule has 2 heterocycles. The second-order valence-corrected chi connectivity index (χ2v) is 12.7. The monoisotopic (exact) mass is 693 g/mol. The van der Waals surface area contributed by atoms with Gasteiger partial charge in [-0.15, -0.1) is 0 Å². The van der Waals surface area contributed by atoms with Crippen LogP contribution in [0.25, 0.3) is 22.6 Å². The number of hydrogen-bond donors (Lipinski definition) is 3. The van der Waals surface area contributed by atoms with Gasteiger partial charge >= 0.3 is 12.0 Å². The number of hydrogen-bond acceptors (Lipinski definition) is 9. The molecule has 1 aliphatic rings. The van der Waals surface area contributed by atoms with E-state index in [9.17, 15) is 14.7 Å². The van der Waals surface area contributed by atoms with E-state index < -0.39 is 18.3 Å². The third kappa shape index (κ3) is 8.61. The van der Waals surface area contributed by atoms with E-state index in [1.165, 1.54) is 11.8 Å². The zero-order chi connectivity index (χ0) is 34.9. The molecule has 0 spiro atoms. The zero-order valence-electron chi connectivity index (χ0n) is 27.8. The summed E-state index contributed by atoms with van der Waals surface area (Å²) >= 11 is 1.48. The fourth-order valence-corrected chi connectivity index (χ4v) is 6.69. The van der Waals surface area contributed by atoms with Gasteiger partial charge in [-0.1, -0.05) is 116 Å². The minimum absolute atomic E-state index is 0.0500. The summed E-state index contributed by atoms with van der Waals surface area (Å²) in [7, 11) is 0. The number of ether oxygens (including phenoxy) is 3. The molecule has 10 nitrogen and oxygen atoms in total. The van der Waals surface area contributed by atoms with Crippen molar-refractivity contribution in [1.29, 1.82) is 0 Å². The Balaban J connectivity index is 1.23. The van der Waals surface area contributed by atoms with Gasteiger partial charge in [-0.25, -0.2) is 9.78 Å². The fourth-order valence-electron chi connectivity index (χ4n) is 5.71. The van der Waals surface area contributed by atoms with Gasteiger partial charge in [0.2, 0.25) is 0 Å². The van der Waals surface area contributed by atoms with E-state index in [0.29, 0.717) is 28.0 Å². The number of nitrogens with zero attached hydrogens (tertiary/aromatic N) is 1. The second kappa shape index (κ2) is 16.6. The molecule has 2 amide bonds. The third-order valence-corrected chi connectivity index (χ3v) is 9.22. The number of aromatic nitrogens is 1. The highest BCUT2D eigenvalue weighted by Crippen LogP contribution is 2.44. The molecule has 3 N–H and O–H groups in total. The Bertz CT molecular complexity index is 1810. The number of carbonyl (C=O) groups is 2. The summed E-state index contributed by atoms with van der Waals surface area (Å²) in [5.74, 6) is 0.652. The number of benzene rings is 4. The van der Waals surface area contributed by atoms with Crippen molar-refractivity contribution in [1.82, 2.24) is 10.3 Å². The van der Waals surface area contributed by atoms with E-state index in [4.69, 9.17) is 23.6 Å². The molecular formula is C39H39N3O7S. The largest absolute Gasteiger partial charge is 0.465 e. The first kappa shape index (κ1) is 34.9. The van der Waals surface area contributed by atoms with Crippen LogP contribution in [0, 0.1) is 5.92 Å². The summed E-state index contributed by atoms with van der Waals surface area (Å²) in [6.07, 6.45) is -1.37. The molecule has 1 aliphatic heterocycles. The van der Waals surface area contributed by atoms with Crippen LogP contribution < -0.4 is 10.6 Å². The van der Waals surface area contributed by atoms with Crippen molar-refractivity contribution in [2.45, 2.75) is 44.2 Å². The standard InChI is InChI=1S/C39H39N3O7S/c1-3-46-33(44)22-40-38(45)41-31-16-10-15-30(21-31)37-47-32(25(2)35(48-37)29-19-17-26(23-43)18-20-29)24-50-39-42-34(27-11-6-4-7-12-27)36(49-39)28-13-8-5-9-14-28/h4-21,25,32,35,37,43H,3,22-24H2,1-2H3,(H2,40,41,45)/t25-,32+,35+,37+/m0/s1. The van der Waals surface area contributed by atoms with Gasteiger partial charge in [0.15, 0.2) is 12.1 Å². The number of anilines is 1. The maximum atomic E-state index is 12.5. The SMILES string of the molecule is CCOC(=O)CNC(=O)Nc1cccc([C@@H]2O[C@H](CSc3nc(-c4ccccc4)c(-c4ccccc4)o3)[C@H](C)[C@H](c3ccc(CO)cc3)O2)c1. The Morgan fingerprint density at radius 2 is 1.60 bits per heavy atom. The quantitative estimate of drug-likeness (QED) is 0.0886. The van der Waals surface area contributed by atoms with Crippen molar-refractivity contribution in [3.63, 3.8) is 0 Å². The first-order chi connectivity index (χ1) is 24.4. The molecule has 0 bridgehead atoms. The van der Waals surface area contributed by atoms with Gasteiger partial charge in [0.25, 0.3) is 5.22 Å². The summed E-state index contributed by atoms with van der Waals surface area (Å²) in [5, 5.41) is 15.4. The van der Waals surface area contributed by atoms with Crippen molar-refractivity contribution < 1.29 is 33.3 Å². The van der Waals surface area contributed by atoms with Crippen molar-refractivity contribution >= 4 is 29.4 Å². The molecule has 4 aromatic carbocycles. The van der Waals surface area contributed by atoms with Crippen molar-refractivity contribution in [2.75, 3.05) is 24.2 Å². The van der Waals surface area contributed by atoms with E-state index in [1.807, 2.05) is 91.0 Å². The molecule has 1 aromatic heterocycles. The highest BCUT2D eigenvalue weighted by molar-refractivity contribution is 7.99. The summed E-state index contributed by atoms with van der Waals surface area (Å²) in [5.41, 5.74) is 5.66. The number of rotatable bonds is 12. The molecule has 6 rings (SSSR count). The molecule has 258 valence electrons. The van der Waals surface area contributed by atoms with E-state index >= 15 is 0 Å². The number of esters is 1. The Morgan fingerprint density at radius 3 is 2.30 bits per heavy atom. The lowest BCUT2D eigenvalue weighted by molar-refractivity contribution is -0.268. The first-order valence-corrected chi connectivity index (χ1v) is 17.5. The molecule has 1 saturated heterocycles. The maximum Gasteiger partial charge on any atom is 0.325 e. The van der Waals surface area contributed by atoms with Gasteiger partial charge in [-0.3, -0.25) is 4.79 Å². The number of aliphatic hydroxyl groups is 1. The Labute approximate surface area is 295 Å². The average molecular weight is 694 g/mol. The number of oxazole rings is 1. The number of amides is 2. The molecule has 0 unspecified atom stereocenters. The Morgan fingerprint density at radius 1 is 0.880 bits per heavy atom. The molecule has 0 radical (unpaired) electrons. The number of nitrogens with one attached hydrogen (secondary N) is 2. The summed E-state index contributed by atoms with van der Waals surface area (Å²) < 4.78 is 24.5. The lowest BCUT2D eigenvalue weighted by Gasteiger charge is -2.41. The number of carbonyl (C=O) groups excluding carboxylic acids is 2. The van der Waals surface area contributed by atoms with E-state index in [0.717, 1.165) is 27.9 Å². The Hall–Kier alpha value is -4.94. The molecule has 50 heavy (non-hydrogen) atoms. The van der Waals surface area contributed by atoms with Gasteiger partial charge in [0.1, 0.15) is 12.2 Å². The first-order valence-electron chi connectivity index (χ1n) is 16.5. The lowest BCUT2D eigenvalue weighted by atomic mass is 9.91. The van der Waals surface area contributed by atoms with Crippen LogP contribution in [0.5, 0.6) is 0 Å². The second-order valence-electron chi connectivity index (χ2n) is 11.8. The molecule has 0 saturated carbocycles. The van der Waals surface area contributed by atoms with Crippen molar-refractivity contribution in [3.05, 3.63) is 126 Å². The lowest BCUT2D eigenvalue weighted by Crippen LogP contribution is -2.38. The van der Waals surface area contributed by atoms with Crippen molar-refractivity contribution in [3.8, 4) is 22.6 Å². The van der Waals surface area contributed by atoms with Crippen LogP contribution in [0.4, 0.5) is 10.5 Å². The van der Waals surface area contributed by atoms with Crippen LogP contribution in [-0.2, 0) is 25.6 Å². The normalized spacial score (nSPS) is 18.7. The molecule has 5 aromatic rings. The van der Waals surface area contributed by atoms with Gasteiger partial charge in [-0.05, 0) is 30.2 Å². The molecular weight excluding hydrogens is 655 g/mol. The highest BCUT2D eigenvalue weighted by atomic mass is 32.2. The van der Waals surface area contributed by atoms with Crippen molar-refractivity contribution in [2.24, 2.45) is 5.92 Å². The van der Waals surface area contributed by atoms with Gasteiger partial charge in [0.05, 0.1) is 25.4 Å². The molecule has 4 atom stereocenters. The third-order valence-electron chi connectivity index (χ3n) is 8.30. The maximum absolute atomic E-state index is 12.5. The van der Waals surface area contributed by atoms with Gasteiger partial charge in [-0.2, -0.15) is 0 Å². The number of urea groups is 1. The number of thioether (sulfide) groups is 1. The minimum Gasteiger partial charge on any atom is -0.465 e.